The van der Waals surface area contributed by atoms with Gasteiger partial charge in [0.1, 0.15) is 0 Å². The van der Waals surface area contributed by atoms with E-state index >= 15 is 0 Å². The van der Waals surface area contributed by atoms with Gasteiger partial charge in [-0.25, -0.2) is 0 Å². The Labute approximate surface area is 90.6 Å². The minimum absolute atomic E-state index is 0.0927. The standard InChI is InChI=1S/C10H20N2O3/c1-11-7-3-4-8-12-9(13)5-6-10(14)15-2/h11H,3-8H2,1-2H3,(H,12,13). The number of methoxy groups -OCH3 is 1. The smallest absolute Gasteiger partial charge is 0.306 e. The Morgan fingerprint density at radius 2 is 1.80 bits per heavy atom. The number of carbonyl (C=O) groups excluding carboxylic acids is 2. The summed E-state index contributed by atoms with van der Waals surface area (Å²) in [5, 5.41) is 5.78. The molecule has 0 unspecified atom stereocenters. The average molecular weight is 216 g/mol. The van der Waals surface area contributed by atoms with Crippen molar-refractivity contribution in [3.63, 3.8) is 0 Å². The minimum Gasteiger partial charge on any atom is -0.469 e. The second-order valence-corrected chi connectivity index (χ2v) is 3.24. The lowest BCUT2D eigenvalue weighted by molar-refractivity contribution is -0.142. The van der Waals surface area contributed by atoms with Crippen LogP contribution in [0.4, 0.5) is 0 Å². The summed E-state index contributed by atoms with van der Waals surface area (Å²) >= 11 is 0. The largest absolute Gasteiger partial charge is 0.469 e. The fourth-order valence-corrected chi connectivity index (χ4v) is 1.06. The number of hydrogen-bond acceptors (Lipinski definition) is 4. The van der Waals surface area contributed by atoms with Crippen LogP contribution in [-0.2, 0) is 14.3 Å². The molecule has 0 fully saturated rings. The fourth-order valence-electron chi connectivity index (χ4n) is 1.06. The van der Waals surface area contributed by atoms with Gasteiger partial charge in [-0.2, -0.15) is 0 Å². The molecule has 0 saturated carbocycles. The molecule has 0 saturated heterocycles. The topological polar surface area (TPSA) is 67.4 Å². The molecule has 0 spiro atoms. The molecule has 2 N–H and O–H groups in total. The van der Waals surface area contributed by atoms with E-state index in [2.05, 4.69) is 15.4 Å². The Morgan fingerprint density at radius 1 is 1.13 bits per heavy atom. The molecule has 0 heterocycles. The predicted molar refractivity (Wildman–Crippen MR) is 57.4 cm³/mol. The summed E-state index contributed by atoms with van der Waals surface area (Å²) in [7, 11) is 3.22. The van der Waals surface area contributed by atoms with E-state index in [-0.39, 0.29) is 24.7 Å². The second kappa shape index (κ2) is 9.45. The predicted octanol–water partition coefficient (Wildman–Crippen LogP) is 0.0554. The average Bonchev–Trinajstić information content (AvgIpc) is 2.25. The van der Waals surface area contributed by atoms with Crippen molar-refractivity contribution in [3.8, 4) is 0 Å². The number of amides is 1. The molecule has 5 nitrogen and oxygen atoms in total. The van der Waals surface area contributed by atoms with Gasteiger partial charge >= 0.3 is 5.97 Å². The minimum atomic E-state index is -0.347. The first kappa shape index (κ1) is 13.9. The quantitative estimate of drug-likeness (QED) is 0.444. The Hall–Kier alpha value is -1.10. The van der Waals surface area contributed by atoms with Crippen molar-refractivity contribution >= 4 is 11.9 Å². The highest BCUT2D eigenvalue weighted by Crippen LogP contribution is 1.92. The van der Waals surface area contributed by atoms with Crippen LogP contribution >= 0.6 is 0 Å². The van der Waals surface area contributed by atoms with Gasteiger partial charge in [0.15, 0.2) is 0 Å². The number of hydrogen-bond donors (Lipinski definition) is 2. The molecular weight excluding hydrogens is 196 g/mol. The Kier molecular flexibility index (Phi) is 8.76. The third kappa shape index (κ3) is 9.21. The van der Waals surface area contributed by atoms with Crippen molar-refractivity contribution in [2.75, 3.05) is 27.2 Å². The first-order chi connectivity index (χ1) is 7.20. The molecule has 0 aromatic rings. The summed E-state index contributed by atoms with van der Waals surface area (Å²) in [6.45, 7) is 1.62. The lowest BCUT2D eigenvalue weighted by atomic mass is 10.2. The summed E-state index contributed by atoms with van der Waals surface area (Å²) in [6.07, 6.45) is 2.34. The molecule has 0 atom stereocenters. The maximum atomic E-state index is 11.2. The Bertz CT molecular complexity index is 195. The van der Waals surface area contributed by atoms with Gasteiger partial charge in [0.2, 0.25) is 5.91 Å². The van der Waals surface area contributed by atoms with Crippen molar-refractivity contribution in [1.29, 1.82) is 0 Å². The van der Waals surface area contributed by atoms with Crippen LogP contribution in [0.3, 0.4) is 0 Å². The van der Waals surface area contributed by atoms with Crippen LogP contribution < -0.4 is 10.6 Å². The highest BCUT2D eigenvalue weighted by atomic mass is 16.5. The van der Waals surface area contributed by atoms with Crippen LogP contribution in [-0.4, -0.2) is 39.1 Å². The van der Waals surface area contributed by atoms with E-state index in [1.165, 1.54) is 7.11 Å². The van der Waals surface area contributed by atoms with Crippen LogP contribution in [0, 0.1) is 0 Å². The molecule has 0 aliphatic rings. The fraction of sp³-hybridized carbons (Fsp3) is 0.800. The van der Waals surface area contributed by atoms with Crippen molar-refractivity contribution in [2.24, 2.45) is 0 Å². The van der Waals surface area contributed by atoms with Crippen molar-refractivity contribution in [1.82, 2.24) is 10.6 Å². The maximum Gasteiger partial charge on any atom is 0.306 e. The number of rotatable bonds is 8. The lowest BCUT2D eigenvalue weighted by Gasteiger charge is -2.04. The van der Waals surface area contributed by atoms with Gasteiger partial charge in [-0.15, -0.1) is 0 Å². The molecule has 0 radical (unpaired) electrons. The van der Waals surface area contributed by atoms with Crippen LogP contribution in [0.15, 0.2) is 0 Å². The summed E-state index contributed by atoms with van der Waals surface area (Å²) in [5.41, 5.74) is 0. The van der Waals surface area contributed by atoms with E-state index in [4.69, 9.17) is 0 Å². The molecule has 88 valence electrons. The zero-order valence-electron chi connectivity index (χ0n) is 9.47. The molecule has 0 aromatic carbocycles. The van der Waals surface area contributed by atoms with Gasteiger partial charge in [-0.05, 0) is 26.4 Å². The molecular formula is C10H20N2O3. The third-order valence-corrected chi connectivity index (χ3v) is 1.96. The number of nitrogens with one attached hydrogen (secondary N) is 2. The van der Waals surface area contributed by atoms with E-state index in [1.807, 2.05) is 7.05 Å². The monoisotopic (exact) mass is 216 g/mol. The van der Waals surface area contributed by atoms with Gasteiger partial charge in [-0.1, -0.05) is 0 Å². The van der Waals surface area contributed by atoms with E-state index in [0.29, 0.717) is 6.54 Å². The Balaban J connectivity index is 3.30. The number of unbranched alkanes of at least 4 members (excludes halogenated alkanes) is 1. The van der Waals surface area contributed by atoms with E-state index in [1.54, 1.807) is 0 Å². The number of carbonyl (C=O) groups is 2. The molecule has 0 aliphatic carbocycles. The van der Waals surface area contributed by atoms with Gasteiger partial charge in [0.25, 0.3) is 0 Å². The Morgan fingerprint density at radius 3 is 2.40 bits per heavy atom. The lowest BCUT2D eigenvalue weighted by Crippen LogP contribution is -2.25. The first-order valence-electron chi connectivity index (χ1n) is 5.18. The molecule has 0 aliphatic heterocycles. The SMILES string of the molecule is CNCCCCNC(=O)CCC(=O)OC. The number of esters is 1. The van der Waals surface area contributed by atoms with Gasteiger partial charge in [-0.3, -0.25) is 9.59 Å². The zero-order valence-corrected chi connectivity index (χ0v) is 9.47. The third-order valence-electron chi connectivity index (χ3n) is 1.96. The normalized spacial score (nSPS) is 9.73. The van der Waals surface area contributed by atoms with Crippen LogP contribution in [0.5, 0.6) is 0 Å². The summed E-state index contributed by atoms with van der Waals surface area (Å²) < 4.78 is 4.43. The van der Waals surface area contributed by atoms with Gasteiger partial charge in [0.05, 0.1) is 13.5 Å². The van der Waals surface area contributed by atoms with Crippen LogP contribution in [0.1, 0.15) is 25.7 Å². The summed E-state index contributed by atoms with van der Waals surface area (Å²) in [6, 6.07) is 0. The molecule has 1 amide bonds. The molecule has 15 heavy (non-hydrogen) atoms. The highest BCUT2D eigenvalue weighted by molar-refractivity contribution is 5.81. The van der Waals surface area contributed by atoms with Crippen molar-refractivity contribution < 1.29 is 14.3 Å². The highest BCUT2D eigenvalue weighted by Gasteiger charge is 2.05. The molecule has 0 bridgehead atoms. The summed E-state index contributed by atoms with van der Waals surface area (Å²) in [4.78, 5) is 21.9. The van der Waals surface area contributed by atoms with E-state index in [9.17, 15) is 9.59 Å². The van der Waals surface area contributed by atoms with Crippen LogP contribution in [0.2, 0.25) is 0 Å². The zero-order chi connectivity index (χ0) is 11.5. The molecule has 5 heteroatoms. The van der Waals surface area contributed by atoms with E-state index < -0.39 is 0 Å². The van der Waals surface area contributed by atoms with Crippen molar-refractivity contribution in [3.05, 3.63) is 0 Å². The van der Waals surface area contributed by atoms with E-state index in [0.717, 1.165) is 19.4 Å². The summed E-state index contributed by atoms with van der Waals surface area (Å²) in [5.74, 6) is -0.440. The van der Waals surface area contributed by atoms with Crippen LogP contribution in [0.25, 0.3) is 0 Å². The maximum absolute atomic E-state index is 11.2. The first-order valence-corrected chi connectivity index (χ1v) is 5.18. The second-order valence-electron chi connectivity index (χ2n) is 3.24. The van der Waals surface area contributed by atoms with Gasteiger partial charge < -0.3 is 15.4 Å². The number of ether oxygens (including phenoxy) is 1. The van der Waals surface area contributed by atoms with Crippen molar-refractivity contribution in [2.45, 2.75) is 25.7 Å². The molecule has 0 rings (SSSR count). The van der Waals surface area contributed by atoms with Gasteiger partial charge in [0, 0.05) is 13.0 Å². The molecule has 0 aromatic heterocycles.